The van der Waals surface area contributed by atoms with E-state index in [1.54, 1.807) is 13.4 Å². The molecule has 7 nitrogen and oxygen atoms in total. The normalized spacial score (nSPS) is 14.5. The van der Waals surface area contributed by atoms with Crippen molar-refractivity contribution in [3.63, 3.8) is 0 Å². The van der Waals surface area contributed by atoms with Crippen molar-refractivity contribution in [3.8, 4) is 23.0 Å². The van der Waals surface area contributed by atoms with Crippen LogP contribution < -0.4 is 19.5 Å². The number of likely N-dealkylation sites (tertiary alicyclic amines) is 1. The molecule has 0 atom stereocenters. The Morgan fingerprint density at radius 1 is 0.946 bits per heavy atom. The number of aromatic nitrogens is 2. The summed E-state index contributed by atoms with van der Waals surface area (Å²) in [6.45, 7) is 5.05. The Bertz CT molecular complexity index is 1330. The number of fused-ring (bicyclic) bond motifs is 1. The van der Waals surface area contributed by atoms with E-state index in [0.717, 1.165) is 60.4 Å². The van der Waals surface area contributed by atoms with Crippen LogP contribution in [0.1, 0.15) is 25.3 Å². The molecule has 1 aromatic heterocycles. The van der Waals surface area contributed by atoms with Gasteiger partial charge in [0.05, 0.1) is 19.2 Å². The summed E-state index contributed by atoms with van der Waals surface area (Å²) in [4.78, 5) is 11.3. The first-order valence-electron chi connectivity index (χ1n) is 12.9. The first kappa shape index (κ1) is 24.8. The number of hydrogen-bond donors (Lipinski definition) is 1. The average Bonchev–Trinajstić information content (AvgIpc) is 2.93. The minimum Gasteiger partial charge on any atom is -0.493 e. The number of piperidine rings is 1. The van der Waals surface area contributed by atoms with Gasteiger partial charge in [-0.1, -0.05) is 19.1 Å². The molecule has 0 spiro atoms. The van der Waals surface area contributed by atoms with Gasteiger partial charge < -0.3 is 24.4 Å². The van der Waals surface area contributed by atoms with Gasteiger partial charge >= 0.3 is 0 Å². The fourth-order valence-corrected chi connectivity index (χ4v) is 4.58. The van der Waals surface area contributed by atoms with Crippen molar-refractivity contribution in [3.05, 3.63) is 72.6 Å². The smallest absolute Gasteiger partial charge is 0.163 e. The molecule has 0 aliphatic carbocycles. The highest BCUT2D eigenvalue weighted by Gasteiger charge is 2.19. The molecule has 1 N–H and O–H groups in total. The lowest BCUT2D eigenvalue weighted by atomic mass is 9.98. The van der Waals surface area contributed by atoms with Crippen molar-refractivity contribution >= 4 is 22.4 Å². The molecule has 0 amide bonds. The molecular weight excluding hydrogens is 464 g/mol. The molecule has 0 saturated carbocycles. The monoisotopic (exact) mass is 498 g/mol. The quantitative estimate of drug-likeness (QED) is 0.284. The van der Waals surface area contributed by atoms with Gasteiger partial charge in [0.15, 0.2) is 11.5 Å². The third kappa shape index (κ3) is 6.12. The molecule has 1 saturated heterocycles. The number of nitrogens with zero attached hydrogens (tertiary/aromatic N) is 3. The van der Waals surface area contributed by atoms with Crippen LogP contribution in [0.5, 0.6) is 23.0 Å². The van der Waals surface area contributed by atoms with Crippen molar-refractivity contribution in [2.45, 2.75) is 26.2 Å². The maximum atomic E-state index is 6.21. The van der Waals surface area contributed by atoms with E-state index in [0.29, 0.717) is 29.8 Å². The van der Waals surface area contributed by atoms with E-state index in [-0.39, 0.29) is 0 Å². The van der Waals surface area contributed by atoms with Crippen LogP contribution in [0.25, 0.3) is 10.9 Å². The highest BCUT2D eigenvalue weighted by atomic mass is 16.5. The summed E-state index contributed by atoms with van der Waals surface area (Å²) in [7, 11) is 3.83. The van der Waals surface area contributed by atoms with E-state index in [2.05, 4.69) is 46.3 Å². The summed E-state index contributed by atoms with van der Waals surface area (Å²) < 4.78 is 17.9. The third-order valence-electron chi connectivity index (χ3n) is 6.89. The number of ether oxygens (including phenoxy) is 3. The maximum absolute atomic E-state index is 6.21. The lowest BCUT2D eigenvalue weighted by Crippen LogP contribution is -2.32. The average molecular weight is 499 g/mol. The van der Waals surface area contributed by atoms with Crippen molar-refractivity contribution in [1.82, 2.24) is 14.9 Å². The second-order valence-corrected chi connectivity index (χ2v) is 9.55. The highest BCUT2D eigenvalue weighted by molar-refractivity contribution is 5.93. The van der Waals surface area contributed by atoms with Crippen LogP contribution in [0.15, 0.2) is 67.0 Å². The van der Waals surface area contributed by atoms with Gasteiger partial charge in [-0.2, -0.15) is 0 Å². The van der Waals surface area contributed by atoms with Gasteiger partial charge in [-0.15, -0.1) is 0 Å². The van der Waals surface area contributed by atoms with E-state index in [9.17, 15) is 0 Å². The van der Waals surface area contributed by atoms with Gasteiger partial charge in [0.1, 0.15) is 23.6 Å². The van der Waals surface area contributed by atoms with Gasteiger partial charge in [0.25, 0.3) is 0 Å². The molecule has 1 aliphatic heterocycles. The zero-order valence-electron chi connectivity index (χ0n) is 21.7. The number of aryl methyl sites for hydroxylation is 1. The Hall–Kier alpha value is -3.84. The number of benzene rings is 3. The molecule has 37 heavy (non-hydrogen) atoms. The van der Waals surface area contributed by atoms with E-state index in [1.807, 2.05) is 48.5 Å². The molecule has 1 aliphatic rings. The van der Waals surface area contributed by atoms with Crippen LogP contribution in [0.2, 0.25) is 0 Å². The number of nitrogens with one attached hydrogen (secondary N) is 1. The first-order chi connectivity index (χ1) is 18.1. The fraction of sp³-hybridized carbons (Fsp3) is 0.333. The summed E-state index contributed by atoms with van der Waals surface area (Å²) in [5.41, 5.74) is 2.95. The Morgan fingerprint density at radius 3 is 2.51 bits per heavy atom. The minimum absolute atomic E-state index is 0.557. The van der Waals surface area contributed by atoms with E-state index in [4.69, 9.17) is 14.2 Å². The van der Waals surface area contributed by atoms with E-state index < -0.39 is 0 Å². The summed E-state index contributed by atoms with van der Waals surface area (Å²) >= 11 is 0. The third-order valence-corrected chi connectivity index (χ3v) is 6.89. The molecular formula is C30H34N4O3. The number of hydrogen-bond acceptors (Lipinski definition) is 7. The topological polar surface area (TPSA) is 68.7 Å². The van der Waals surface area contributed by atoms with Crippen LogP contribution in [-0.4, -0.2) is 48.7 Å². The molecule has 192 valence electrons. The molecule has 1 fully saturated rings. The number of rotatable bonds is 9. The highest BCUT2D eigenvalue weighted by Crippen LogP contribution is 2.35. The second-order valence-electron chi connectivity index (χ2n) is 9.55. The van der Waals surface area contributed by atoms with Crippen molar-refractivity contribution in [1.29, 1.82) is 0 Å². The SMILES string of the molecule is CCc1cccc(Oc2ccc(Nc3ncnc4cc(OCC5CCN(C)CC5)c(OC)cc34)cc2)c1. The minimum atomic E-state index is 0.557. The predicted octanol–water partition coefficient (Wildman–Crippen LogP) is 6.46. The predicted molar refractivity (Wildman–Crippen MR) is 147 cm³/mol. The molecule has 7 heteroatoms. The lowest BCUT2D eigenvalue weighted by molar-refractivity contribution is 0.157. The molecule has 5 rings (SSSR count). The van der Waals surface area contributed by atoms with Gasteiger partial charge in [-0.25, -0.2) is 9.97 Å². The maximum Gasteiger partial charge on any atom is 0.163 e. The molecule has 3 aromatic carbocycles. The molecule has 0 unspecified atom stereocenters. The largest absolute Gasteiger partial charge is 0.493 e. The molecule has 0 radical (unpaired) electrons. The summed E-state index contributed by atoms with van der Waals surface area (Å²) in [5, 5.41) is 4.27. The van der Waals surface area contributed by atoms with Gasteiger partial charge in [0, 0.05) is 17.1 Å². The number of anilines is 2. The summed E-state index contributed by atoms with van der Waals surface area (Å²) in [5.74, 6) is 4.27. The van der Waals surface area contributed by atoms with Crippen LogP contribution in [-0.2, 0) is 6.42 Å². The molecule has 0 bridgehead atoms. The molecule has 2 heterocycles. The van der Waals surface area contributed by atoms with Crippen LogP contribution in [0, 0.1) is 5.92 Å². The zero-order valence-corrected chi connectivity index (χ0v) is 21.7. The van der Waals surface area contributed by atoms with E-state index in [1.165, 1.54) is 5.56 Å². The zero-order chi connectivity index (χ0) is 25.6. The standard InChI is InChI=1S/C30H34N4O3/c1-4-21-6-5-7-25(16-21)37-24-10-8-23(9-11-24)33-30-26-17-28(35-3)29(18-27(26)31-20-32-30)36-19-22-12-14-34(2)15-13-22/h5-11,16-18,20,22H,4,12-15,19H2,1-3H3,(H,31,32,33). The van der Waals surface area contributed by atoms with Crippen molar-refractivity contribution in [2.24, 2.45) is 5.92 Å². The summed E-state index contributed by atoms with van der Waals surface area (Å²) in [6, 6.07) is 19.9. The second kappa shape index (κ2) is 11.5. The summed E-state index contributed by atoms with van der Waals surface area (Å²) in [6.07, 6.45) is 4.84. The lowest BCUT2D eigenvalue weighted by Gasteiger charge is -2.28. The van der Waals surface area contributed by atoms with Crippen LogP contribution in [0.4, 0.5) is 11.5 Å². The van der Waals surface area contributed by atoms with Gasteiger partial charge in [-0.3, -0.25) is 0 Å². The van der Waals surface area contributed by atoms with Crippen LogP contribution >= 0.6 is 0 Å². The number of methoxy groups -OCH3 is 1. The Balaban J connectivity index is 1.30. The van der Waals surface area contributed by atoms with Crippen LogP contribution in [0.3, 0.4) is 0 Å². The Labute approximate surface area is 218 Å². The Kier molecular flexibility index (Phi) is 7.70. The van der Waals surface area contributed by atoms with Crippen molar-refractivity contribution < 1.29 is 14.2 Å². The molecule has 4 aromatic rings. The Morgan fingerprint density at radius 2 is 1.76 bits per heavy atom. The van der Waals surface area contributed by atoms with Gasteiger partial charge in [-0.05, 0) is 93.3 Å². The van der Waals surface area contributed by atoms with Crippen molar-refractivity contribution in [2.75, 3.05) is 39.2 Å². The first-order valence-corrected chi connectivity index (χ1v) is 12.9. The van der Waals surface area contributed by atoms with Gasteiger partial charge in [0.2, 0.25) is 0 Å². The fourth-order valence-electron chi connectivity index (χ4n) is 4.58. The van der Waals surface area contributed by atoms with E-state index >= 15 is 0 Å².